The van der Waals surface area contributed by atoms with Crippen LogP contribution in [0.4, 0.5) is 14.5 Å². The van der Waals surface area contributed by atoms with Gasteiger partial charge in [0.05, 0.1) is 22.2 Å². The van der Waals surface area contributed by atoms with Crippen LogP contribution < -0.4 is 0 Å². The predicted octanol–water partition coefficient (Wildman–Crippen LogP) is 3.04. The summed E-state index contributed by atoms with van der Waals surface area (Å²) in [4.78, 5) is 26.2. The molecular weight excluding hydrogens is 338 g/mol. The predicted molar refractivity (Wildman–Crippen MR) is 82.2 cm³/mol. The summed E-state index contributed by atoms with van der Waals surface area (Å²) in [6, 6.07) is 7.37. The SMILES string of the molecule is Cn1cc([N+](=O)[O-])cc1C(=O)OCc1nc2ccccc2n1C(F)F. The monoisotopic (exact) mass is 350 g/mol. The number of fused-ring (bicyclic) bond motifs is 1. The highest BCUT2D eigenvalue weighted by molar-refractivity contribution is 5.88. The number of ether oxygens (including phenoxy) is 1. The van der Waals surface area contributed by atoms with E-state index in [9.17, 15) is 23.7 Å². The second kappa shape index (κ2) is 6.30. The maximum absolute atomic E-state index is 13.3. The minimum Gasteiger partial charge on any atom is -0.453 e. The summed E-state index contributed by atoms with van der Waals surface area (Å²) in [6.07, 6.45) is 1.16. The molecule has 10 heteroatoms. The molecule has 0 N–H and O–H groups in total. The van der Waals surface area contributed by atoms with Crippen molar-refractivity contribution in [2.75, 3.05) is 0 Å². The highest BCUT2D eigenvalue weighted by Crippen LogP contribution is 2.24. The number of esters is 1. The van der Waals surface area contributed by atoms with Crippen molar-refractivity contribution in [3.63, 3.8) is 0 Å². The molecular formula is C15H12F2N4O4. The molecule has 0 radical (unpaired) electrons. The molecule has 3 rings (SSSR count). The van der Waals surface area contributed by atoms with Crippen molar-refractivity contribution < 1.29 is 23.2 Å². The number of hydrogen-bond donors (Lipinski definition) is 0. The molecule has 8 nitrogen and oxygen atoms in total. The van der Waals surface area contributed by atoms with E-state index in [1.807, 2.05) is 0 Å². The van der Waals surface area contributed by atoms with Crippen LogP contribution in [-0.4, -0.2) is 25.0 Å². The number of halogens is 2. The number of aromatic nitrogens is 3. The number of imidazole rings is 1. The molecule has 0 aliphatic heterocycles. The highest BCUT2D eigenvalue weighted by atomic mass is 19.3. The van der Waals surface area contributed by atoms with Crippen molar-refractivity contribution >= 4 is 22.7 Å². The Balaban J connectivity index is 1.84. The molecule has 25 heavy (non-hydrogen) atoms. The lowest BCUT2D eigenvalue weighted by atomic mass is 10.3. The lowest BCUT2D eigenvalue weighted by Gasteiger charge is -2.08. The summed E-state index contributed by atoms with van der Waals surface area (Å²) in [5.74, 6) is -0.989. The summed E-state index contributed by atoms with van der Waals surface area (Å²) in [7, 11) is 1.44. The van der Waals surface area contributed by atoms with Gasteiger partial charge in [-0.2, -0.15) is 8.78 Å². The molecule has 0 bridgehead atoms. The third-order valence-electron chi connectivity index (χ3n) is 3.61. The van der Waals surface area contributed by atoms with E-state index >= 15 is 0 Å². The molecule has 0 fully saturated rings. The van der Waals surface area contributed by atoms with E-state index in [1.165, 1.54) is 17.7 Å². The molecule has 0 saturated carbocycles. The van der Waals surface area contributed by atoms with Crippen molar-refractivity contribution in [1.82, 2.24) is 14.1 Å². The Morgan fingerprint density at radius 1 is 1.40 bits per heavy atom. The smallest absolute Gasteiger partial charge is 0.355 e. The molecule has 2 aromatic heterocycles. The van der Waals surface area contributed by atoms with Gasteiger partial charge in [0, 0.05) is 13.1 Å². The number of aryl methyl sites for hydroxylation is 1. The van der Waals surface area contributed by atoms with Crippen LogP contribution in [-0.2, 0) is 18.4 Å². The molecule has 0 spiro atoms. The number of nitro groups is 1. The summed E-state index contributed by atoms with van der Waals surface area (Å²) >= 11 is 0. The van der Waals surface area contributed by atoms with Gasteiger partial charge in [-0.3, -0.25) is 14.7 Å². The topological polar surface area (TPSA) is 92.2 Å². The summed E-state index contributed by atoms with van der Waals surface area (Å²) in [5.41, 5.74) is 0.238. The molecule has 0 aliphatic rings. The molecule has 2 heterocycles. The van der Waals surface area contributed by atoms with Gasteiger partial charge in [-0.25, -0.2) is 9.78 Å². The normalized spacial score (nSPS) is 11.2. The van der Waals surface area contributed by atoms with Crippen LogP contribution >= 0.6 is 0 Å². The minimum atomic E-state index is -2.85. The van der Waals surface area contributed by atoms with Gasteiger partial charge in [0.15, 0.2) is 5.82 Å². The van der Waals surface area contributed by atoms with E-state index in [2.05, 4.69) is 4.98 Å². The average molecular weight is 350 g/mol. The van der Waals surface area contributed by atoms with E-state index in [0.717, 1.165) is 12.3 Å². The average Bonchev–Trinajstić information content (AvgIpc) is 3.13. The first-order chi connectivity index (χ1) is 11.9. The first-order valence-electron chi connectivity index (χ1n) is 7.10. The second-order valence-electron chi connectivity index (χ2n) is 5.19. The Hall–Kier alpha value is -3.30. The molecule has 3 aromatic rings. The zero-order valence-corrected chi connectivity index (χ0v) is 12.9. The van der Waals surface area contributed by atoms with Gasteiger partial charge >= 0.3 is 12.5 Å². The van der Waals surface area contributed by atoms with Crippen molar-refractivity contribution in [2.24, 2.45) is 7.05 Å². The van der Waals surface area contributed by atoms with E-state index in [1.54, 1.807) is 18.2 Å². The molecule has 0 saturated heterocycles. The number of rotatable bonds is 5. The largest absolute Gasteiger partial charge is 0.453 e. The first-order valence-corrected chi connectivity index (χ1v) is 7.10. The van der Waals surface area contributed by atoms with Gasteiger partial charge < -0.3 is 9.30 Å². The van der Waals surface area contributed by atoms with Crippen LogP contribution in [0.1, 0.15) is 22.9 Å². The first kappa shape index (κ1) is 16.6. The van der Waals surface area contributed by atoms with Crippen molar-refractivity contribution in [3.05, 3.63) is 58.2 Å². The van der Waals surface area contributed by atoms with Crippen LogP contribution in [0.3, 0.4) is 0 Å². The highest BCUT2D eigenvalue weighted by Gasteiger charge is 2.22. The number of hydrogen-bond acceptors (Lipinski definition) is 5. The fourth-order valence-electron chi connectivity index (χ4n) is 2.47. The second-order valence-corrected chi connectivity index (χ2v) is 5.19. The number of nitrogens with zero attached hydrogens (tertiary/aromatic N) is 4. The number of para-hydroxylation sites is 2. The Bertz CT molecular complexity index is 964. The van der Waals surface area contributed by atoms with Crippen molar-refractivity contribution in [1.29, 1.82) is 0 Å². The number of carbonyl (C=O) groups excluding carboxylic acids is 1. The summed E-state index contributed by atoms with van der Waals surface area (Å²) in [6.45, 7) is -3.34. The Kier molecular flexibility index (Phi) is 4.17. The van der Waals surface area contributed by atoms with Gasteiger partial charge in [-0.05, 0) is 12.1 Å². The minimum absolute atomic E-state index is 0.0635. The molecule has 0 atom stereocenters. The molecule has 1 aromatic carbocycles. The van der Waals surface area contributed by atoms with E-state index in [-0.39, 0.29) is 22.7 Å². The molecule has 0 unspecified atom stereocenters. The van der Waals surface area contributed by atoms with Crippen LogP contribution in [0, 0.1) is 10.1 Å². The third-order valence-corrected chi connectivity index (χ3v) is 3.61. The fourth-order valence-corrected chi connectivity index (χ4v) is 2.47. The summed E-state index contributed by atoms with van der Waals surface area (Å²) < 4.78 is 33.5. The van der Waals surface area contributed by atoms with Crippen LogP contribution in [0.25, 0.3) is 11.0 Å². The Morgan fingerprint density at radius 3 is 2.76 bits per heavy atom. The van der Waals surface area contributed by atoms with Gasteiger partial charge in [0.2, 0.25) is 0 Å². The Labute approximate surface area is 139 Å². The lowest BCUT2D eigenvalue weighted by Crippen LogP contribution is -2.12. The fraction of sp³-hybridized carbons (Fsp3) is 0.200. The van der Waals surface area contributed by atoms with Crippen LogP contribution in [0.2, 0.25) is 0 Å². The van der Waals surface area contributed by atoms with Gasteiger partial charge in [-0.1, -0.05) is 12.1 Å². The van der Waals surface area contributed by atoms with Crippen molar-refractivity contribution in [3.8, 4) is 0 Å². The summed E-state index contributed by atoms with van der Waals surface area (Å²) in [5, 5.41) is 10.7. The molecule has 0 aliphatic carbocycles. The maximum Gasteiger partial charge on any atom is 0.355 e. The van der Waals surface area contributed by atoms with Gasteiger partial charge in [-0.15, -0.1) is 0 Å². The maximum atomic E-state index is 13.3. The lowest BCUT2D eigenvalue weighted by molar-refractivity contribution is -0.384. The van der Waals surface area contributed by atoms with Crippen LogP contribution in [0.15, 0.2) is 36.5 Å². The van der Waals surface area contributed by atoms with Crippen molar-refractivity contribution in [2.45, 2.75) is 13.2 Å². The zero-order valence-electron chi connectivity index (χ0n) is 12.9. The molecule has 130 valence electrons. The van der Waals surface area contributed by atoms with E-state index in [4.69, 9.17) is 4.74 Å². The zero-order chi connectivity index (χ0) is 18.1. The standard InChI is InChI=1S/C15H12F2N4O4/c1-19-7-9(21(23)24)6-12(19)14(22)25-8-13-18-10-4-2-3-5-11(10)20(13)15(16)17/h2-7,15H,8H2,1H3. The third kappa shape index (κ3) is 3.05. The van der Waals surface area contributed by atoms with E-state index in [0.29, 0.717) is 10.1 Å². The quantitative estimate of drug-likeness (QED) is 0.401. The van der Waals surface area contributed by atoms with Crippen LogP contribution in [0.5, 0.6) is 0 Å². The van der Waals surface area contributed by atoms with Gasteiger partial charge in [0.25, 0.3) is 5.69 Å². The number of benzene rings is 1. The molecule has 0 amide bonds. The van der Waals surface area contributed by atoms with E-state index < -0.39 is 24.0 Å². The number of alkyl halides is 2. The number of carbonyl (C=O) groups is 1. The van der Waals surface area contributed by atoms with Gasteiger partial charge in [0.1, 0.15) is 12.3 Å². The Morgan fingerprint density at radius 2 is 2.12 bits per heavy atom.